The van der Waals surface area contributed by atoms with Gasteiger partial charge in [0.15, 0.2) is 0 Å². The van der Waals surface area contributed by atoms with E-state index in [-0.39, 0.29) is 0 Å². The van der Waals surface area contributed by atoms with Gasteiger partial charge in [0.2, 0.25) is 0 Å². The summed E-state index contributed by atoms with van der Waals surface area (Å²) >= 11 is 8.89. The average Bonchev–Trinajstić information content (AvgIpc) is 2.99. The molecule has 1 aliphatic rings. The Labute approximate surface area is 118 Å². The quantitative estimate of drug-likeness (QED) is 0.687. The maximum absolute atomic E-state index is 3.60. The van der Waals surface area contributed by atoms with Crippen molar-refractivity contribution in [1.82, 2.24) is 5.32 Å². The Balaban J connectivity index is 1.54. The van der Waals surface area contributed by atoms with E-state index >= 15 is 0 Å². The van der Waals surface area contributed by atoms with Gasteiger partial charge in [0.25, 0.3) is 0 Å². The molecule has 4 heteroatoms. The molecule has 0 radical (unpaired) electrons. The smallest absolute Gasteiger partial charge is 0.0742 e. The number of halogens is 2. The molecule has 0 aliphatic heterocycles. The summed E-state index contributed by atoms with van der Waals surface area (Å²) in [6.45, 7) is 1.21. The number of rotatable bonds is 7. The van der Waals surface area contributed by atoms with Crippen molar-refractivity contribution < 1.29 is 0 Å². The lowest BCUT2D eigenvalue weighted by atomic mass is 10.1. The Morgan fingerprint density at radius 1 is 1.25 bits per heavy atom. The highest BCUT2D eigenvalue weighted by atomic mass is 79.9. The third-order valence-electron chi connectivity index (χ3n) is 2.86. The highest BCUT2D eigenvalue weighted by Crippen LogP contribution is 2.32. The molecular formula is C12H17Br2NS. The van der Waals surface area contributed by atoms with Crippen LogP contribution in [0.15, 0.2) is 13.6 Å². The number of thiophene rings is 1. The third-order valence-corrected chi connectivity index (χ3v) is 5.32. The van der Waals surface area contributed by atoms with E-state index < -0.39 is 0 Å². The van der Waals surface area contributed by atoms with Gasteiger partial charge in [-0.05, 0) is 82.1 Å². The lowest BCUT2D eigenvalue weighted by Crippen LogP contribution is -2.17. The van der Waals surface area contributed by atoms with Gasteiger partial charge in [-0.15, -0.1) is 11.3 Å². The van der Waals surface area contributed by atoms with Crippen molar-refractivity contribution in [3.63, 3.8) is 0 Å². The molecule has 1 nitrogen and oxygen atoms in total. The van der Waals surface area contributed by atoms with E-state index in [1.807, 2.05) is 0 Å². The van der Waals surface area contributed by atoms with Crippen LogP contribution in [0.25, 0.3) is 0 Å². The van der Waals surface area contributed by atoms with Crippen LogP contribution in [0.5, 0.6) is 0 Å². The number of hydrogen-bond acceptors (Lipinski definition) is 2. The molecule has 2 rings (SSSR count). The lowest BCUT2D eigenvalue weighted by Gasteiger charge is -2.02. The molecule has 0 unspecified atom stereocenters. The summed E-state index contributed by atoms with van der Waals surface area (Å²) in [5.74, 6) is 0. The summed E-state index contributed by atoms with van der Waals surface area (Å²) in [6.07, 6.45) is 7.95. The van der Waals surface area contributed by atoms with E-state index in [1.165, 1.54) is 58.2 Å². The molecule has 0 bridgehead atoms. The van der Waals surface area contributed by atoms with Crippen molar-refractivity contribution in [2.24, 2.45) is 0 Å². The molecule has 1 aromatic rings. The summed E-state index contributed by atoms with van der Waals surface area (Å²) in [7, 11) is 0. The molecule has 0 aromatic carbocycles. The highest BCUT2D eigenvalue weighted by Gasteiger charge is 2.19. The second-order valence-corrected chi connectivity index (χ2v) is 8.14. The first-order chi connectivity index (χ1) is 7.75. The van der Waals surface area contributed by atoms with Gasteiger partial charge in [0, 0.05) is 6.04 Å². The molecule has 1 heterocycles. The fourth-order valence-electron chi connectivity index (χ4n) is 1.76. The first-order valence-electron chi connectivity index (χ1n) is 5.93. The van der Waals surface area contributed by atoms with E-state index in [9.17, 15) is 0 Å². The van der Waals surface area contributed by atoms with E-state index in [0.29, 0.717) is 0 Å². The Hall–Kier alpha value is 0.620. The number of aryl methyl sites for hydroxylation is 1. The van der Waals surface area contributed by atoms with E-state index in [4.69, 9.17) is 0 Å². The largest absolute Gasteiger partial charge is 0.314 e. The minimum Gasteiger partial charge on any atom is -0.314 e. The number of hydrogen-bond donors (Lipinski definition) is 1. The minimum absolute atomic E-state index is 0.863. The van der Waals surface area contributed by atoms with Gasteiger partial charge < -0.3 is 5.32 Å². The van der Waals surface area contributed by atoms with Gasteiger partial charge in [-0.25, -0.2) is 0 Å². The zero-order chi connectivity index (χ0) is 11.4. The Kier molecular flexibility index (Phi) is 5.33. The van der Waals surface area contributed by atoms with Crippen LogP contribution in [-0.2, 0) is 6.42 Å². The zero-order valence-electron chi connectivity index (χ0n) is 9.27. The van der Waals surface area contributed by atoms with Crippen molar-refractivity contribution >= 4 is 43.2 Å². The van der Waals surface area contributed by atoms with Crippen molar-refractivity contribution in [2.75, 3.05) is 6.54 Å². The molecule has 1 N–H and O–H groups in total. The van der Waals surface area contributed by atoms with Gasteiger partial charge in [-0.2, -0.15) is 0 Å². The number of unbranched alkanes of at least 4 members (excludes halogenated alkanes) is 2. The van der Waals surface area contributed by atoms with Crippen LogP contribution >= 0.6 is 43.2 Å². The Morgan fingerprint density at radius 3 is 2.69 bits per heavy atom. The van der Waals surface area contributed by atoms with Crippen molar-refractivity contribution in [3.8, 4) is 0 Å². The van der Waals surface area contributed by atoms with Gasteiger partial charge >= 0.3 is 0 Å². The van der Waals surface area contributed by atoms with Gasteiger partial charge in [-0.3, -0.25) is 0 Å². The van der Waals surface area contributed by atoms with Crippen molar-refractivity contribution in [2.45, 2.75) is 44.6 Å². The predicted octanol–water partition coefficient (Wildman–Crippen LogP) is 4.74. The lowest BCUT2D eigenvalue weighted by molar-refractivity contribution is 0.600. The molecule has 0 spiro atoms. The molecule has 1 fully saturated rings. The van der Waals surface area contributed by atoms with Crippen LogP contribution < -0.4 is 5.32 Å². The fraction of sp³-hybridized carbons (Fsp3) is 0.667. The molecule has 0 atom stereocenters. The van der Waals surface area contributed by atoms with Gasteiger partial charge in [0.1, 0.15) is 0 Å². The maximum Gasteiger partial charge on any atom is 0.0742 e. The summed E-state index contributed by atoms with van der Waals surface area (Å²) in [4.78, 5) is 0. The van der Waals surface area contributed by atoms with Crippen LogP contribution in [0.1, 0.15) is 37.7 Å². The molecule has 1 aromatic heterocycles. The Morgan fingerprint density at radius 2 is 2.06 bits per heavy atom. The van der Waals surface area contributed by atoms with Crippen molar-refractivity contribution in [1.29, 1.82) is 0 Å². The standard InChI is InChI=1S/C12H17Br2NS/c13-11-8-9(12(14)16-11)4-2-1-3-7-15-10-5-6-10/h8,10,15H,1-7H2. The third kappa shape index (κ3) is 4.47. The molecular weight excluding hydrogens is 350 g/mol. The Bertz CT molecular complexity index is 334. The van der Waals surface area contributed by atoms with Crippen LogP contribution in [0, 0.1) is 0 Å². The minimum atomic E-state index is 0.863. The number of nitrogens with one attached hydrogen (secondary N) is 1. The highest BCUT2D eigenvalue weighted by molar-refractivity contribution is 9.12. The van der Waals surface area contributed by atoms with Gasteiger partial charge in [-0.1, -0.05) is 6.42 Å². The maximum atomic E-state index is 3.60. The first kappa shape index (κ1) is 13.1. The molecule has 90 valence electrons. The molecule has 16 heavy (non-hydrogen) atoms. The SMILES string of the molecule is Brc1cc(CCCCCNC2CC2)c(Br)s1. The van der Waals surface area contributed by atoms with Gasteiger partial charge in [0.05, 0.1) is 7.57 Å². The van der Waals surface area contributed by atoms with Crippen LogP contribution in [0.3, 0.4) is 0 Å². The summed E-state index contributed by atoms with van der Waals surface area (Å²) in [6, 6.07) is 3.10. The molecule has 1 saturated carbocycles. The molecule has 0 saturated heterocycles. The van der Waals surface area contributed by atoms with E-state index in [2.05, 4.69) is 43.2 Å². The average molecular weight is 367 g/mol. The van der Waals surface area contributed by atoms with Crippen LogP contribution in [0.2, 0.25) is 0 Å². The van der Waals surface area contributed by atoms with Crippen LogP contribution in [0.4, 0.5) is 0 Å². The van der Waals surface area contributed by atoms with Crippen LogP contribution in [-0.4, -0.2) is 12.6 Å². The second kappa shape index (κ2) is 6.53. The molecule has 1 aliphatic carbocycles. The van der Waals surface area contributed by atoms with E-state index in [1.54, 1.807) is 11.3 Å². The molecule has 0 amide bonds. The monoisotopic (exact) mass is 365 g/mol. The predicted molar refractivity (Wildman–Crippen MR) is 78.3 cm³/mol. The fourth-order valence-corrected chi connectivity index (χ4v) is 4.67. The summed E-state index contributed by atoms with van der Waals surface area (Å²) in [5.41, 5.74) is 1.45. The first-order valence-corrected chi connectivity index (χ1v) is 8.33. The second-order valence-electron chi connectivity index (χ2n) is 4.39. The zero-order valence-corrected chi connectivity index (χ0v) is 13.3. The topological polar surface area (TPSA) is 12.0 Å². The van der Waals surface area contributed by atoms with Crippen molar-refractivity contribution in [3.05, 3.63) is 19.2 Å². The normalized spacial score (nSPS) is 15.6. The van der Waals surface area contributed by atoms with E-state index in [0.717, 1.165) is 6.04 Å². The summed E-state index contributed by atoms with van der Waals surface area (Å²) in [5, 5.41) is 3.56. The summed E-state index contributed by atoms with van der Waals surface area (Å²) < 4.78 is 2.51.